The molecule has 0 aromatic heterocycles. The lowest BCUT2D eigenvalue weighted by Gasteiger charge is -2.10. The molecule has 110 valence electrons. The summed E-state index contributed by atoms with van der Waals surface area (Å²) in [5.74, 6) is -0.0210. The van der Waals surface area contributed by atoms with Crippen LogP contribution in [0.15, 0.2) is 24.3 Å². The summed E-state index contributed by atoms with van der Waals surface area (Å²) in [6.45, 7) is 2.19. The molecule has 0 aliphatic carbocycles. The second-order valence-electron chi connectivity index (χ2n) is 4.31. The van der Waals surface area contributed by atoms with Gasteiger partial charge in [0.1, 0.15) is 0 Å². The van der Waals surface area contributed by atoms with E-state index in [-0.39, 0.29) is 30.7 Å². The first-order chi connectivity index (χ1) is 8.13. The van der Waals surface area contributed by atoms with Crippen LogP contribution < -0.4 is 11.1 Å². The lowest BCUT2D eigenvalue weighted by molar-refractivity contribution is 0.0952. The molecule has 0 atom stereocenters. The van der Waals surface area contributed by atoms with E-state index in [1.165, 1.54) is 0 Å². The van der Waals surface area contributed by atoms with Gasteiger partial charge in [-0.15, -0.1) is 24.8 Å². The van der Waals surface area contributed by atoms with Gasteiger partial charge in [0.25, 0.3) is 5.91 Å². The third kappa shape index (κ3) is 8.06. The van der Waals surface area contributed by atoms with Crippen molar-refractivity contribution in [3.8, 4) is 0 Å². The summed E-state index contributed by atoms with van der Waals surface area (Å²) in [4.78, 5) is 13.8. The molecule has 19 heavy (non-hydrogen) atoms. The van der Waals surface area contributed by atoms with Gasteiger partial charge in [0, 0.05) is 18.7 Å². The van der Waals surface area contributed by atoms with Crippen molar-refractivity contribution in [3.05, 3.63) is 35.4 Å². The Balaban J connectivity index is 0. The van der Waals surface area contributed by atoms with Gasteiger partial charge in [-0.2, -0.15) is 0 Å². The average molecular weight is 308 g/mol. The molecule has 0 heterocycles. The topological polar surface area (TPSA) is 58.4 Å². The number of nitrogens with zero attached hydrogens (tertiary/aromatic N) is 1. The highest BCUT2D eigenvalue weighted by Gasteiger charge is 2.03. The summed E-state index contributed by atoms with van der Waals surface area (Å²) >= 11 is 0. The molecule has 1 aromatic carbocycles. The zero-order chi connectivity index (χ0) is 12.7. The van der Waals surface area contributed by atoms with Crippen LogP contribution in [-0.2, 0) is 6.54 Å². The quantitative estimate of drug-likeness (QED) is 0.786. The van der Waals surface area contributed by atoms with Crippen LogP contribution >= 0.6 is 24.8 Å². The molecule has 0 fully saturated rings. The monoisotopic (exact) mass is 307 g/mol. The lowest BCUT2D eigenvalue weighted by atomic mass is 10.1. The molecular weight excluding hydrogens is 285 g/mol. The van der Waals surface area contributed by atoms with Crippen molar-refractivity contribution >= 4 is 30.7 Å². The van der Waals surface area contributed by atoms with Crippen LogP contribution in [0.4, 0.5) is 0 Å². The Bertz CT molecular complexity index is 355. The van der Waals surface area contributed by atoms with Crippen LogP contribution in [0.2, 0.25) is 0 Å². The molecule has 0 aliphatic heterocycles. The van der Waals surface area contributed by atoms with Gasteiger partial charge in [0.15, 0.2) is 0 Å². The van der Waals surface area contributed by atoms with Crippen LogP contribution in [-0.4, -0.2) is 38.0 Å². The van der Waals surface area contributed by atoms with Crippen molar-refractivity contribution in [2.45, 2.75) is 13.0 Å². The number of nitrogens with one attached hydrogen (secondary N) is 1. The number of hydrogen-bond donors (Lipinski definition) is 2. The van der Waals surface area contributed by atoms with Crippen LogP contribution in [0.3, 0.4) is 0 Å². The minimum Gasteiger partial charge on any atom is -0.352 e. The van der Waals surface area contributed by atoms with Crippen molar-refractivity contribution < 1.29 is 4.79 Å². The van der Waals surface area contributed by atoms with E-state index < -0.39 is 0 Å². The van der Waals surface area contributed by atoms with Crippen LogP contribution in [0.1, 0.15) is 22.3 Å². The molecule has 0 saturated heterocycles. The van der Waals surface area contributed by atoms with E-state index in [9.17, 15) is 4.79 Å². The maximum absolute atomic E-state index is 11.7. The van der Waals surface area contributed by atoms with E-state index in [1.807, 2.05) is 38.4 Å². The predicted molar refractivity (Wildman–Crippen MR) is 84.3 cm³/mol. The Labute approximate surface area is 127 Å². The summed E-state index contributed by atoms with van der Waals surface area (Å²) in [5, 5.41) is 2.89. The molecule has 0 spiro atoms. The standard InChI is InChI=1S/C13H21N3O.2ClH/c1-16(2)9-3-8-15-13(17)12-6-4-11(10-14)5-7-12;;/h4-7H,3,8-10,14H2,1-2H3,(H,15,17);2*1H. The van der Waals surface area contributed by atoms with Gasteiger partial charge < -0.3 is 16.0 Å². The highest BCUT2D eigenvalue weighted by molar-refractivity contribution is 5.94. The summed E-state index contributed by atoms with van der Waals surface area (Å²) < 4.78 is 0. The Kier molecular flexibility index (Phi) is 11.9. The minimum absolute atomic E-state index is 0. The second kappa shape index (κ2) is 11.1. The minimum atomic E-state index is -0.0210. The number of rotatable bonds is 6. The Morgan fingerprint density at radius 1 is 1.21 bits per heavy atom. The molecular formula is C13H23Cl2N3O. The first-order valence-corrected chi connectivity index (χ1v) is 5.85. The predicted octanol–water partition coefficient (Wildman–Crippen LogP) is 1.67. The van der Waals surface area contributed by atoms with Crippen molar-refractivity contribution in [1.29, 1.82) is 0 Å². The fourth-order valence-corrected chi connectivity index (χ4v) is 1.49. The Hall–Kier alpha value is -0.810. The zero-order valence-corrected chi connectivity index (χ0v) is 13.0. The van der Waals surface area contributed by atoms with Gasteiger partial charge in [0.2, 0.25) is 0 Å². The Morgan fingerprint density at radius 3 is 2.26 bits per heavy atom. The molecule has 6 heteroatoms. The van der Waals surface area contributed by atoms with E-state index in [4.69, 9.17) is 5.73 Å². The zero-order valence-electron chi connectivity index (χ0n) is 11.4. The number of halogens is 2. The second-order valence-corrected chi connectivity index (χ2v) is 4.31. The number of carbonyl (C=O) groups excluding carboxylic acids is 1. The molecule has 3 N–H and O–H groups in total. The van der Waals surface area contributed by atoms with E-state index >= 15 is 0 Å². The molecule has 0 bridgehead atoms. The first-order valence-electron chi connectivity index (χ1n) is 5.85. The van der Waals surface area contributed by atoms with Gasteiger partial charge in [-0.25, -0.2) is 0 Å². The third-order valence-corrected chi connectivity index (χ3v) is 2.52. The third-order valence-electron chi connectivity index (χ3n) is 2.52. The van der Waals surface area contributed by atoms with Crippen molar-refractivity contribution in [3.63, 3.8) is 0 Å². The maximum atomic E-state index is 11.7. The molecule has 4 nitrogen and oxygen atoms in total. The van der Waals surface area contributed by atoms with Crippen LogP contribution in [0.5, 0.6) is 0 Å². The summed E-state index contributed by atoms with van der Waals surface area (Å²) in [7, 11) is 4.04. The summed E-state index contributed by atoms with van der Waals surface area (Å²) in [6.07, 6.45) is 0.958. The van der Waals surface area contributed by atoms with Gasteiger partial charge in [-0.3, -0.25) is 4.79 Å². The van der Waals surface area contributed by atoms with E-state index in [0.29, 0.717) is 18.7 Å². The number of hydrogen-bond acceptors (Lipinski definition) is 3. The van der Waals surface area contributed by atoms with Gasteiger partial charge >= 0.3 is 0 Å². The lowest BCUT2D eigenvalue weighted by Crippen LogP contribution is -2.27. The number of benzene rings is 1. The first kappa shape index (κ1) is 20.5. The van der Waals surface area contributed by atoms with E-state index in [0.717, 1.165) is 18.5 Å². The van der Waals surface area contributed by atoms with Gasteiger partial charge in [-0.05, 0) is 44.8 Å². The van der Waals surface area contributed by atoms with E-state index in [1.54, 1.807) is 0 Å². The van der Waals surface area contributed by atoms with Crippen LogP contribution in [0.25, 0.3) is 0 Å². The normalized spacial score (nSPS) is 9.47. The molecule has 0 unspecified atom stereocenters. The fraction of sp³-hybridized carbons (Fsp3) is 0.462. The van der Waals surface area contributed by atoms with Crippen molar-refractivity contribution in [2.24, 2.45) is 5.73 Å². The summed E-state index contributed by atoms with van der Waals surface area (Å²) in [5.41, 5.74) is 7.22. The number of carbonyl (C=O) groups is 1. The average Bonchev–Trinajstić information content (AvgIpc) is 2.34. The highest BCUT2D eigenvalue weighted by Crippen LogP contribution is 2.03. The van der Waals surface area contributed by atoms with Crippen LogP contribution in [0, 0.1) is 0 Å². The van der Waals surface area contributed by atoms with Crippen molar-refractivity contribution in [2.75, 3.05) is 27.2 Å². The van der Waals surface area contributed by atoms with Gasteiger partial charge in [0.05, 0.1) is 0 Å². The smallest absolute Gasteiger partial charge is 0.251 e. The number of nitrogens with two attached hydrogens (primary N) is 1. The maximum Gasteiger partial charge on any atom is 0.251 e. The molecule has 1 aromatic rings. The summed E-state index contributed by atoms with van der Waals surface area (Å²) in [6, 6.07) is 7.39. The largest absolute Gasteiger partial charge is 0.352 e. The van der Waals surface area contributed by atoms with Crippen molar-refractivity contribution in [1.82, 2.24) is 10.2 Å². The molecule has 0 saturated carbocycles. The molecule has 0 aliphatic rings. The Morgan fingerprint density at radius 2 is 1.79 bits per heavy atom. The molecule has 1 amide bonds. The molecule has 1 rings (SSSR count). The SMILES string of the molecule is CN(C)CCCNC(=O)c1ccc(CN)cc1.Cl.Cl. The molecule has 0 radical (unpaired) electrons. The fourth-order valence-electron chi connectivity index (χ4n) is 1.49. The highest BCUT2D eigenvalue weighted by atomic mass is 35.5. The van der Waals surface area contributed by atoms with E-state index in [2.05, 4.69) is 10.2 Å². The van der Waals surface area contributed by atoms with Gasteiger partial charge in [-0.1, -0.05) is 12.1 Å². The number of amides is 1.